The van der Waals surface area contributed by atoms with Gasteiger partial charge in [0.15, 0.2) is 11.6 Å². The molecule has 1 atom stereocenters. The summed E-state index contributed by atoms with van der Waals surface area (Å²) in [4.78, 5) is 26.6. The van der Waals surface area contributed by atoms with Gasteiger partial charge in [0.1, 0.15) is 6.04 Å². The number of amides is 3. The molecule has 0 aromatic heterocycles. The number of anilines is 3. The lowest BCUT2D eigenvalue weighted by Gasteiger charge is -2.33. The van der Waals surface area contributed by atoms with E-state index in [2.05, 4.69) is 15.4 Å². The van der Waals surface area contributed by atoms with Crippen LogP contribution in [-0.4, -0.2) is 39.2 Å². The number of benzene rings is 3. The van der Waals surface area contributed by atoms with Gasteiger partial charge >= 0.3 is 6.03 Å². The van der Waals surface area contributed by atoms with E-state index in [4.69, 9.17) is 11.6 Å². The number of para-hydroxylation sites is 1. The summed E-state index contributed by atoms with van der Waals surface area (Å²) in [5.74, 6) is -3.07. The number of hydrogen-bond donors (Lipinski definition) is 3. The molecule has 4 rings (SSSR count). The molecule has 1 saturated heterocycles. The van der Waals surface area contributed by atoms with Gasteiger partial charge in [-0.25, -0.2) is 22.0 Å². The molecule has 8 nitrogen and oxygen atoms in total. The average Bonchev–Trinajstić information content (AvgIpc) is 2.83. The number of urea groups is 1. The van der Waals surface area contributed by atoms with E-state index in [-0.39, 0.29) is 29.0 Å². The molecule has 1 heterocycles. The number of hydrogen-bond acceptors (Lipinski definition) is 4. The third kappa shape index (κ3) is 6.17. The first-order valence-corrected chi connectivity index (χ1v) is 13.5. The lowest BCUT2D eigenvalue weighted by molar-refractivity contribution is -0.121. The van der Waals surface area contributed by atoms with Crippen molar-refractivity contribution >= 4 is 50.6 Å². The predicted octanol–water partition coefficient (Wildman–Crippen LogP) is 4.97. The summed E-state index contributed by atoms with van der Waals surface area (Å²) in [6, 6.07) is 13.4. The van der Waals surface area contributed by atoms with Gasteiger partial charge in [0.25, 0.3) is 0 Å². The minimum Gasteiger partial charge on any atom is -0.326 e. The first kappa shape index (κ1) is 26.4. The van der Waals surface area contributed by atoms with E-state index >= 15 is 8.78 Å². The summed E-state index contributed by atoms with van der Waals surface area (Å²) in [6.07, 6.45) is 1.73. The van der Waals surface area contributed by atoms with Crippen LogP contribution < -0.4 is 20.3 Å². The Morgan fingerprint density at radius 1 is 1.00 bits per heavy atom. The summed E-state index contributed by atoms with van der Waals surface area (Å²) >= 11 is 5.84. The fraction of sp³-hybridized carbons (Fsp3) is 0.200. The molecule has 3 N–H and O–H groups in total. The molecule has 0 aliphatic carbocycles. The Morgan fingerprint density at radius 2 is 1.70 bits per heavy atom. The van der Waals surface area contributed by atoms with Crippen molar-refractivity contribution in [2.45, 2.75) is 18.9 Å². The Morgan fingerprint density at radius 3 is 2.41 bits per heavy atom. The molecule has 1 unspecified atom stereocenters. The summed E-state index contributed by atoms with van der Waals surface area (Å²) in [7, 11) is -3.67. The second-order valence-corrected chi connectivity index (χ2v) is 10.7. The van der Waals surface area contributed by atoms with Crippen molar-refractivity contribution in [1.29, 1.82) is 0 Å². The zero-order valence-electron chi connectivity index (χ0n) is 19.6. The molecule has 0 radical (unpaired) electrons. The number of rotatable bonds is 6. The SMILES string of the molecule is CS(=O)(=O)Nc1ccccc1-c1ccc(N2CCCC(NC(=O)Nc3ccc(Cl)cc3)C2=O)c(F)c1F. The van der Waals surface area contributed by atoms with E-state index in [0.29, 0.717) is 23.6 Å². The highest BCUT2D eigenvalue weighted by Gasteiger charge is 2.33. The molecule has 3 aromatic rings. The lowest BCUT2D eigenvalue weighted by Crippen LogP contribution is -2.53. The lowest BCUT2D eigenvalue weighted by atomic mass is 10.00. The van der Waals surface area contributed by atoms with Crippen LogP contribution in [0.25, 0.3) is 11.1 Å². The van der Waals surface area contributed by atoms with E-state index in [9.17, 15) is 18.0 Å². The maximum atomic E-state index is 15.3. The molecule has 3 aromatic carbocycles. The van der Waals surface area contributed by atoms with Gasteiger partial charge in [-0.3, -0.25) is 9.52 Å². The standard InChI is InChI=1S/C25H23ClF2N4O4S/c1-37(35,36)31-19-6-3-2-5-17(19)18-12-13-21(23(28)22(18)27)32-14-4-7-20(24(32)33)30-25(34)29-16-10-8-15(26)9-11-16/h2-3,5-6,8-13,20,31H,4,7,14H2,1H3,(H2,29,30,34). The summed E-state index contributed by atoms with van der Waals surface area (Å²) in [6.45, 7) is 0.137. The number of sulfonamides is 1. The van der Waals surface area contributed by atoms with Gasteiger partial charge in [-0.15, -0.1) is 0 Å². The minimum absolute atomic E-state index is 0.0843. The smallest absolute Gasteiger partial charge is 0.319 e. The molecule has 1 aliphatic rings. The van der Waals surface area contributed by atoms with Crippen LogP contribution in [0.2, 0.25) is 5.02 Å². The van der Waals surface area contributed by atoms with E-state index in [0.717, 1.165) is 11.2 Å². The third-order valence-electron chi connectivity index (χ3n) is 5.71. The fourth-order valence-electron chi connectivity index (χ4n) is 4.07. The Labute approximate surface area is 217 Å². The first-order valence-electron chi connectivity index (χ1n) is 11.2. The quantitative estimate of drug-likeness (QED) is 0.404. The summed E-state index contributed by atoms with van der Waals surface area (Å²) in [5, 5.41) is 5.67. The maximum Gasteiger partial charge on any atom is 0.319 e. The molecular formula is C25H23ClF2N4O4S. The van der Waals surface area contributed by atoms with E-state index in [1.807, 2.05) is 0 Å². The molecule has 1 fully saturated rings. The van der Waals surface area contributed by atoms with Crippen LogP contribution in [-0.2, 0) is 14.8 Å². The first-order chi connectivity index (χ1) is 17.5. The Hall–Kier alpha value is -3.70. The minimum atomic E-state index is -3.67. The zero-order chi connectivity index (χ0) is 26.7. The second kappa shape index (κ2) is 10.7. The van der Waals surface area contributed by atoms with Crippen molar-refractivity contribution in [3.8, 4) is 11.1 Å². The number of piperidine rings is 1. The van der Waals surface area contributed by atoms with Crippen molar-refractivity contribution in [3.05, 3.63) is 77.3 Å². The third-order valence-corrected chi connectivity index (χ3v) is 6.55. The van der Waals surface area contributed by atoms with Crippen molar-refractivity contribution in [1.82, 2.24) is 5.32 Å². The molecule has 3 amide bonds. The van der Waals surface area contributed by atoms with Crippen molar-refractivity contribution in [3.63, 3.8) is 0 Å². The zero-order valence-corrected chi connectivity index (χ0v) is 21.2. The second-order valence-electron chi connectivity index (χ2n) is 8.47. The van der Waals surface area contributed by atoms with Gasteiger partial charge in [0.05, 0.1) is 17.6 Å². The molecule has 0 spiro atoms. The van der Waals surface area contributed by atoms with Gasteiger partial charge in [0.2, 0.25) is 15.9 Å². The Kier molecular flexibility index (Phi) is 7.65. The van der Waals surface area contributed by atoms with E-state index in [1.165, 1.54) is 24.3 Å². The highest BCUT2D eigenvalue weighted by molar-refractivity contribution is 7.92. The van der Waals surface area contributed by atoms with Crippen molar-refractivity contribution < 1.29 is 26.8 Å². The summed E-state index contributed by atoms with van der Waals surface area (Å²) in [5.41, 5.74) is 0.246. The van der Waals surface area contributed by atoms with Crippen LogP contribution in [0.1, 0.15) is 12.8 Å². The topological polar surface area (TPSA) is 108 Å². The largest absolute Gasteiger partial charge is 0.326 e. The highest BCUT2D eigenvalue weighted by atomic mass is 35.5. The number of nitrogens with one attached hydrogen (secondary N) is 3. The van der Waals surface area contributed by atoms with Crippen LogP contribution in [0.15, 0.2) is 60.7 Å². The van der Waals surface area contributed by atoms with Gasteiger partial charge < -0.3 is 15.5 Å². The molecule has 12 heteroatoms. The Bertz CT molecular complexity index is 1450. The number of carbonyl (C=O) groups is 2. The number of carbonyl (C=O) groups excluding carboxylic acids is 2. The van der Waals surface area contributed by atoms with Crippen LogP contribution in [0.3, 0.4) is 0 Å². The molecule has 37 heavy (non-hydrogen) atoms. The molecule has 0 saturated carbocycles. The van der Waals surface area contributed by atoms with Crippen LogP contribution in [0, 0.1) is 11.6 Å². The molecule has 1 aliphatic heterocycles. The van der Waals surface area contributed by atoms with E-state index < -0.39 is 39.6 Å². The van der Waals surface area contributed by atoms with Crippen molar-refractivity contribution in [2.24, 2.45) is 0 Å². The van der Waals surface area contributed by atoms with Crippen LogP contribution >= 0.6 is 11.6 Å². The Balaban J connectivity index is 1.55. The van der Waals surface area contributed by atoms with Crippen LogP contribution in [0.4, 0.5) is 30.6 Å². The van der Waals surface area contributed by atoms with Crippen LogP contribution in [0.5, 0.6) is 0 Å². The maximum absolute atomic E-state index is 15.3. The summed E-state index contributed by atoms with van der Waals surface area (Å²) < 4.78 is 56.2. The molecule has 0 bridgehead atoms. The monoisotopic (exact) mass is 548 g/mol. The van der Waals surface area contributed by atoms with E-state index in [1.54, 1.807) is 36.4 Å². The number of halogens is 3. The number of nitrogens with zero attached hydrogens (tertiary/aromatic N) is 1. The predicted molar refractivity (Wildman–Crippen MR) is 139 cm³/mol. The van der Waals surface area contributed by atoms with Gasteiger partial charge in [0, 0.05) is 28.4 Å². The molecular weight excluding hydrogens is 526 g/mol. The van der Waals surface area contributed by atoms with Crippen molar-refractivity contribution in [2.75, 3.05) is 27.7 Å². The normalized spacial score (nSPS) is 15.8. The average molecular weight is 549 g/mol. The van der Waals surface area contributed by atoms with Gasteiger partial charge in [-0.05, 0) is 55.3 Å². The highest BCUT2D eigenvalue weighted by Crippen LogP contribution is 2.35. The fourth-order valence-corrected chi connectivity index (χ4v) is 4.77. The van der Waals surface area contributed by atoms with Gasteiger partial charge in [-0.1, -0.05) is 29.8 Å². The van der Waals surface area contributed by atoms with Gasteiger partial charge in [-0.2, -0.15) is 0 Å². The molecule has 194 valence electrons.